The average molecular weight is 223 g/mol. The zero-order valence-corrected chi connectivity index (χ0v) is 8.44. The molecule has 0 aliphatic carbocycles. The summed E-state index contributed by atoms with van der Waals surface area (Å²) >= 11 is 0. The van der Waals surface area contributed by atoms with Crippen molar-refractivity contribution in [2.75, 3.05) is 19.6 Å². The Bertz CT molecular complexity index is 436. The van der Waals surface area contributed by atoms with Gasteiger partial charge in [-0.3, -0.25) is 9.59 Å². The van der Waals surface area contributed by atoms with E-state index in [1.54, 1.807) is 0 Å². The van der Waals surface area contributed by atoms with E-state index in [4.69, 9.17) is 0 Å². The van der Waals surface area contributed by atoms with Crippen LogP contribution in [0.4, 0.5) is 4.39 Å². The molecule has 2 rings (SSSR count). The van der Waals surface area contributed by atoms with Crippen LogP contribution in [0.3, 0.4) is 0 Å². The highest BCUT2D eigenvalue weighted by molar-refractivity contribution is 5.96. The number of aromatic nitrogens is 1. The third kappa shape index (κ3) is 2.00. The molecule has 1 aromatic rings. The molecule has 0 spiro atoms. The van der Waals surface area contributed by atoms with Crippen LogP contribution in [0.15, 0.2) is 18.3 Å². The largest absolute Gasteiger partial charge is 0.353 e. The van der Waals surface area contributed by atoms with Crippen molar-refractivity contribution in [2.45, 2.75) is 0 Å². The number of hydrogen-bond acceptors (Lipinski definition) is 3. The van der Waals surface area contributed by atoms with E-state index in [0.29, 0.717) is 13.1 Å². The molecule has 1 N–H and O–H groups in total. The molecular weight excluding hydrogens is 213 g/mol. The van der Waals surface area contributed by atoms with E-state index in [1.807, 2.05) is 0 Å². The molecule has 5 nitrogen and oxygen atoms in total. The number of hydrogen-bond donors (Lipinski definition) is 1. The average Bonchev–Trinajstić information content (AvgIpc) is 2.29. The SMILES string of the molecule is O=C1CN(C(=O)c2cccnc2F)CCN1. The second-order valence-corrected chi connectivity index (χ2v) is 3.42. The lowest BCUT2D eigenvalue weighted by atomic mass is 10.2. The van der Waals surface area contributed by atoms with Gasteiger partial charge >= 0.3 is 0 Å². The van der Waals surface area contributed by atoms with Gasteiger partial charge in [-0.15, -0.1) is 0 Å². The lowest BCUT2D eigenvalue weighted by Crippen LogP contribution is -2.50. The molecule has 0 atom stereocenters. The molecule has 2 amide bonds. The smallest absolute Gasteiger partial charge is 0.259 e. The predicted octanol–water partition coefficient (Wildman–Crippen LogP) is -0.207. The molecule has 84 valence electrons. The number of halogens is 1. The molecule has 2 heterocycles. The summed E-state index contributed by atoms with van der Waals surface area (Å²) in [5, 5.41) is 2.59. The number of pyridine rings is 1. The van der Waals surface area contributed by atoms with Crippen LogP contribution in [0.1, 0.15) is 10.4 Å². The van der Waals surface area contributed by atoms with Crippen LogP contribution in [0.25, 0.3) is 0 Å². The zero-order chi connectivity index (χ0) is 11.5. The van der Waals surface area contributed by atoms with Crippen molar-refractivity contribution in [2.24, 2.45) is 0 Å². The summed E-state index contributed by atoms with van der Waals surface area (Å²) in [6.45, 7) is 0.749. The van der Waals surface area contributed by atoms with Crippen molar-refractivity contribution >= 4 is 11.8 Å². The number of piperazine rings is 1. The summed E-state index contributed by atoms with van der Waals surface area (Å²) in [6, 6.07) is 2.84. The van der Waals surface area contributed by atoms with Crippen molar-refractivity contribution in [3.05, 3.63) is 29.8 Å². The Balaban J connectivity index is 2.19. The van der Waals surface area contributed by atoms with E-state index in [2.05, 4.69) is 10.3 Å². The van der Waals surface area contributed by atoms with Gasteiger partial charge in [-0.1, -0.05) is 0 Å². The van der Waals surface area contributed by atoms with Gasteiger partial charge in [-0.25, -0.2) is 4.98 Å². The molecule has 6 heteroatoms. The summed E-state index contributed by atoms with van der Waals surface area (Å²) < 4.78 is 13.2. The first-order valence-corrected chi connectivity index (χ1v) is 4.85. The molecule has 0 saturated carbocycles. The maximum Gasteiger partial charge on any atom is 0.259 e. The first kappa shape index (κ1) is 10.5. The van der Waals surface area contributed by atoms with Crippen LogP contribution in [-0.4, -0.2) is 41.3 Å². The highest BCUT2D eigenvalue weighted by Crippen LogP contribution is 2.08. The highest BCUT2D eigenvalue weighted by atomic mass is 19.1. The number of carbonyl (C=O) groups is 2. The quantitative estimate of drug-likeness (QED) is 0.670. The van der Waals surface area contributed by atoms with E-state index < -0.39 is 11.9 Å². The van der Waals surface area contributed by atoms with Crippen LogP contribution in [0.5, 0.6) is 0 Å². The van der Waals surface area contributed by atoms with Crippen LogP contribution in [0.2, 0.25) is 0 Å². The summed E-state index contributed by atoms with van der Waals surface area (Å²) in [6.07, 6.45) is 1.27. The van der Waals surface area contributed by atoms with Crippen molar-refractivity contribution in [3.63, 3.8) is 0 Å². The summed E-state index contributed by atoms with van der Waals surface area (Å²) in [5.41, 5.74) is -0.0998. The van der Waals surface area contributed by atoms with Crippen molar-refractivity contribution < 1.29 is 14.0 Å². The van der Waals surface area contributed by atoms with Gasteiger partial charge in [0.2, 0.25) is 11.9 Å². The van der Waals surface area contributed by atoms with Gasteiger partial charge in [0.1, 0.15) is 0 Å². The molecule has 0 aromatic carbocycles. The Kier molecular flexibility index (Phi) is 2.80. The molecule has 0 unspecified atom stereocenters. The Morgan fingerprint density at radius 1 is 1.56 bits per heavy atom. The molecule has 1 saturated heterocycles. The number of amides is 2. The fraction of sp³-hybridized carbons (Fsp3) is 0.300. The minimum Gasteiger partial charge on any atom is -0.353 e. The zero-order valence-electron chi connectivity index (χ0n) is 8.44. The maximum absolute atomic E-state index is 13.2. The lowest BCUT2D eigenvalue weighted by Gasteiger charge is -2.26. The Labute approximate surface area is 91.3 Å². The van der Waals surface area contributed by atoms with Crippen LogP contribution < -0.4 is 5.32 Å². The first-order chi connectivity index (χ1) is 7.68. The topological polar surface area (TPSA) is 62.3 Å². The monoisotopic (exact) mass is 223 g/mol. The summed E-state index contributed by atoms with van der Waals surface area (Å²) in [4.78, 5) is 27.6. The van der Waals surface area contributed by atoms with Gasteiger partial charge in [-0.2, -0.15) is 4.39 Å². The van der Waals surface area contributed by atoms with Gasteiger partial charge in [0.05, 0.1) is 12.1 Å². The van der Waals surface area contributed by atoms with Gasteiger partial charge in [0.25, 0.3) is 5.91 Å². The second kappa shape index (κ2) is 4.26. The Hall–Kier alpha value is -1.98. The fourth-order valence-corrected chi connectivity index (χ4v) is 1.53. The molecule has 0 radical (unpaired) electrons. The van der Waals surface area contributed by atoms with Crippen molar-refractivity contribution in [1.82, 2.24) is 15.2 Å². The lowest BCUT2D eigenvalue weighted by molar-refractivity contribution is -0.123. The normalized spacial score (nSPS) is 15.8. The predicted molar refractivity (Wildman–Crippen MR) is 53.1 cm³/mol. The first-order valence-electron chi connectivity index (χ1n) is 4.85. The van der Waals surface area contributed by atoms with Crippen molar-refractivity contribution in [1.29, 1.82) is 0 Å². The van der Waals surface area contributed by atoms with Crippen LogP contribution in [-0.2, 0) is 4.79 Å². The van der Waals surface area contributed by atoms with E-state index in [9.17, 15) is 14.0 Å². The van der Waals surface area contributed by atoms with E-state index >= 15 is 0 Å². The van der Waals surface area contributed by atoms with E-state index in [-0.39, 0.29) is 18.0 Å². The number of rotatable bonds is 1. The Morgan fingerprint density at radius 3 is 3.06 bits per heavy atom. The van der Waals surface area contributed by atoms with Crippen LogP contribution >= 0.6 is 0 Å². The maximum atomic E-state index is 13.2. The minimum atomic E-state index is -0.807. The van der Waals surface area contributed by atoms with Gasteiger partial charge in [0, 0.05) is 19.3 Å². The molecular formula is C10H10FN3O2. The molecule has 1 aromatic heterocycles. The number of carbonyl (C=O) groups excluding carboxylic acids is 2. The van der Waals surface area contributed by atoms with E-state index in [0.717, 1.165) is 0 Å². The highest BCUT2D eigenvalue weighted by Gasteiger charge is 2.24. The minimum absolute atomic E-state index is 0.0346. The van der Waals surface area contributed by atoms with Gasteiger partial charge < -0.3 is 10.2 Å². The number of nitrogens with zero attached hydrogens (tertiary/aromatic N) is 2. The van der Waals surface area contributed by atoms with Gasteiger partial charge in [0.15, 0.2) is 0 Å². The molecule has 1 aliphatic heterocycles. The summed E-state index contributed by atoms with van der Waals surface area (Å²) in [7, 11) is 0. The standard InChI is InChI=1S/C10H10FN3O2/c11-9-7(2-1-3-13-9)10(16)14-5-4-12-8(15)6-14/h1-3H,4-6H2,(H,12,15). The van der Waals surface area contributed by atoms with Crippen LogP contribution in [0, 0.1) is 5.95 Å². The molecule has 16 heavy (non-hydrogen) atoms. The molecule has 1 fully saturated rings. The molecule has 1 aliphatic rings. The fourth-order valence-electron chi connectivity index (χ4n) is 1.53. The molecule has 0 bridgehead atoms. The summed E-state index contributed by atoms with van der Waals surface area (Å²) in [5.74, 6) is -1.54. The Morgan fingerprint density at radius 2 is 2.38 bits per heavy atom. The van der Waals surface area contributed by atoms with E-state index in [1.165, 1.54) is 23.2 Å². The third-order valence-electron chi connectivity index (χ3n) is 2.32. The number of nitrogens with one attached hydrogen (secondary N) is 1. The van der Waals surface area contributed by atoms with Gasteiger partial charge in [-0.05, 0) is 12.1 Å². The second-order valence-electron chi connectivity index (χ2n) is 3.42. The van der Waals surface area contributed by atoms with Crippen molar-refractivity contribution in [3.8, 4) is 0 Å². The third-order valence-corrected chi connectivity index (χ3v) is 2.32.